The minimum atomic E-state index is -4.59. The Labute approximate surface area is 89.7 Å². The first-order valence-corrected chi connectivity index (χ1v) is 6.33. The molecule has 0 N–H and O–H groups in total. The van der Waals surface area contributed by atoms with Crippen molar-refractivity contribution in [2.24, 2.45) is 0 Å². The van der Waals surface area contributed by atoms with Gasteiger partial charge in [-0.2, -0.15) is 13.2 Å². The molecule has 90 valence electrons. The van der Waals surface area contributed by atoms with Crippen molar-refractivity contribution in [2.75, 3.05) is 13.3 Å². The molecule has 0 spiro atoms. The van der Waals surface area contributed by atoms with Gasteiger partial charge in [0.15, 0.2) is 6.61 Å². The van der Waals surface area contributed by atoms with Gasteiger partial charge in [-0.3, -0.25) is 4.57 Å². The molecule has 0 bridgehead atoms. The zero-order valence-electron chi connectivity index (χ0n) is 8.29. The molecule has 0 aromatic heterocycles. The lowest BCUT2D eigenvalue weighted by atomic mass is 10.3. The predicted molar refractivity (Wildman–Crippen MR) is 51.6 cm³/mol. The Morgan fingerprint density at radius 2 is 1.88 bits per heavy atom. The summed E-state index contributed by atoms with van der Waals surface area (Å²) in [5, 5.41) is -0.334. The minimum absolute atomic E-state index is 0.334. The fourth-order valence-electron chi connectivity index (χ4n) is 1.05. The first kappa shape index (κ1) is 13.2. The number of benzene rings is 1. The maximum Gasteiger partial charge on any atom is 0.412 e. The van der Waals surface area contributed by atoms with Crippen LogP contribution in [0.1, 0.15) is 0 Å². The lowest BCUT2D eigenvalue weighted by Crippen LogP contribution is -2.19. The van der Waals surface area contributed by atoms with Gasteiger partial charge in [0.25, 0.3) is 0 Å². The lowest BCUT2D eigenvalue weighted by Gasteiger charge is -2.15. The van der Waals surface area contributed by atoms with Crippen LogP contribution in [0.25, 0.3) is 0 Å². The molecule has 1 rings (SSSR count). The zero-order valence-corrected chi connectivity index (χ0v) is 9.19. The molecular formula is C9H9F4O2P. The second-order valence-corrected chi connectivity index (χ2v) is 5.62. The summed E-state index contributed by atoms with van der Waals surface area (Å²) in [5.74, 6) is -0.837. The molecule has 0 radical (unpaired) electrons. The van der Waals surface area contributed by atoms with Gasteiger partial charge in [-0.05, 0) is 12.1 Å². The number of hydrogen-bond acceptors (Lipinski definition) is 2. The summed E-state index contributed by atoms with van der Waals surface area (Å²) in [6.45, 7) is -0.702. The highest BCUT2D eigenvalue weighted by molar-refractivity contribution is 7.66. The smallest absolute Gasteiger partial charge is 0.316 e. The maximum absolute atomic E-state index is 13.2. The van der Waals surface area contributed by atoms with Crippen LogP contribution in [0.2, 0.25) is 0 Å². The van der Waals surface area contributed by atoms with E-state index in [0.717, 1.165) is 18.8 Å². The van der Waals surface area contributed by atoms with Crippen LogP contribution >= 0.6 is 7.37 Å². The van der Waals surface area contributed by atoms with Crippen molar-refractivity contribution in [1.82, 2.24) is 0 Å². The van der Waals surface area contributed by atoms with Crippen molar-refractivity contribution in [3.05, 3.63) is 30.1 Å². The third kappa shape index (κ3) is 3.61. The van der Waals surface area contributed by atoms with Crippen LogP contribution in [-0.2, 0) is 9.09 Å². The molecule has 2 nitrogen and oxygen atoms in total. The molecule has 1 aromatic rings. The van der Waals surface area contributed by atoms with Gasteiger partial charge < -0.3 is 4.52 Å². The Morgan fingerprint density at radius 3 is 2.38 bits per heavy atom. The number of alkyl halides is 3. The largest absolute Gasteiger partial charge is 0.412 e. The van der Waals surface area contributed by atoms with Crippen LogP contribution in [0.5, 0.6) is 0 Å². The molecule has 0 amide bonds. The molecule has 0 heterocycles. The zero-order chi connectivity index (χ0) is 12.4. The predicted octanol–water partition coefficient (Wildman–Crippen LogP) is 2.94. The third-order valence-electron chi connectivity index (χ3n) is 1.76. The molecule has 1 atom stereocenters. The van der Waals surface area contributed by atoms with E-state index < -0.39 is 26.0 Å². The van der Waals surface area contributed by atoms with Crippen LogP contribution in [0.4, 0.5) is 17.6 Å². The first-order valence-electron chi connectivity index (χ1n) is 4.26. The summed E-state index contributed by atoms with van der Waals surface area (Å²) < 4.78 is 64.7. The van der Waals surface area contributed by atoms with E-state index in [1.807, 2.05) is 0 Å². The number of hydrogen-bond donors (Lipinski definition) is 0. The van der Waals surface area contributed by atoms with Gasteiger partial charge in [0.2, 0.25) is 7.37 Å². The third-order valence-corrected chi connectivity index (χ3v) is 3.62. The van der Waals surface area contributed by atoms with E-state index in [0.29, 0.717) is 0 Å². The van der Waals surface area contributed by atoms with E-state index >= 15 is 0 Å². The maximum atomic E-state index is 13.2. The van der Waals surface area contributed by atoms with E-state index in [-0.39, 0.29) is 5.30 Å². The normalized spacial score (nSPS) is 15.8. The first-order chi connectivity index (χ1) is 7.22. The highest BCUT2D eigenvalue weighted by atomic mass is 31.2. The highest BCUT2D eigenvalue weighted by Gasteiger charge is 2.33. The van der Waals surface area contributed by atoms with Crippen LogP contribution in [-0.4, -0.2) is 19.4 Å². The fourth-order valence-corrected chi connectivity index (χ4v) is 2.40. The van der Waals surface area contributed by atoms with E-state index in [9.17, 15) is 22.1 Å². The summed E-state index contributed by atoms with van der Waals surface area (Å²) >= 11 is 0. The Hall–Kier alpha value is -0.870. The van der Waals surface area contributed by atoms with Crippen molar-refractivity contribution in [3.63, 3.8) is 0 Å². The van der Waals surface area contributed by atoms with Crippen LogP contribution in [0, 0.1) is 5.82 Å². The molecule has 0 aliphatic heterocycles. The molecule has 7 heteroatoms. The van der Waals surface area contributed by atoms with Crippen LogP contribution < -0.4 is 5.30 Å². The lowest BCUT2D eigenvalue weighted by molar-refractivity contribution is -0.152. The molecule has 0 aliphatic carbocycles. The molecular weight excluding hydrogens is 247 g/mol. The van der Waals surface area contributed by atoms with Gasteiger partial charge in [-0.25, -0.2) is 4.39 Å². The number of halogens is 4. The second kappa shape index (κ2) is 4.55. The Balaban J connectivity index is 2.87. The molecule has 0 fully saturated rings. The fraction of sp³-hybridized carbons (Fsp3) is 0.333. The molecule has 0 saturated heterocycles. The molecule has 0 saturated carbocycles. The topological polar surface area (TPSA) is 26.3 Å². The van der Waals surface area contributed by atoms with Gasteiger partial charge in [0.1, 0.15) is 5.82 Å². The number of rotatable bonds is 3. The Bertz CT molecular complexity index is 416. The summed E-state index contributed by atoms with van der Waals surface area (Å²) in [6, 6.07) is 4.89. The van der Waals surface area contributed by atoms with Gasteiger partial charge in [0, 0.05) is 6.66 Å². The van der Waals surface area contributed by atoms with E-state index in [1.165, 1.54) is 12.1 Å². The van der Waals surface area contributed by atoms with E-state index in [2.05, 4.69) is 4.52 Å². The van der Waals surface area contributed by atoms with Crippen molar-refractivity contribution >= 4 is 12.7 Å². The second-order valence-electron chi connectivity index (χ2n) is 3.19. The average Bonchev–Trinajstić information content (AvgIpc) is 2.14. The standard InChI is InChI=1S/C9H9F4O2P/c1-16(14,15-6-9(11,12)13)8-5-3-2-4-7(8)10/h2-5H,6H2,1H3. The van der Waals surface area contributed by atoms with Crippen molar-refractivity contribution in [1.29, 1.82) is 0 Å². The summed E-state index contributed by atoms with van der Waals surface area (Å²) in [7, 11) is -3.77. The average molecular weight is 256 g/mol. The van der Waals surface area contributed by atoms with Gasteiger partial charge in [0.05, 0.1) is 5.30 Å². The van der Waals surface area contributed by atoms with Crippen molar-refractivity contribution < 1.29 is 26.7 Å². The van der Waals surface area contributed by atoms with Crippen molar-refractivity contribution in [3.8, 4) is 0 Å². The summed E-state index contributed by atoms with van der Waals surface area (Å²) in [6.07, 6.45) is -4.59. The molecule has 1 unspecified atom stereocenters. The molecule has 1 aromatic carbocycles. The van der Waals surface area contributed by atoms with Crippen molar-refractivity contribution in [2.45, 2.75) is 6.18 Å². The molecule has 16 heavy (non-hydrogen) atoms. The Morgan fingerprint density at radius 1 is 1.31 bits per heavy atom. The van der Waals surface area contributed by atoms with Crippen LogP contribution in [0.3, 0.4) is 0 Å². The van der Waals surface area contributed by atoms with E-state index in [1.54, 1.807) is 0 Å². The van der Waals surface area contributed by atoms with E-state index in [4.69, 9.17) is 0 Å². The van der Waals surface area contributed by atoms with Crippen LogP contribution in [0.15, 0.2) is 24.3 Å². The highest BCUT2D eigenvalue weighted by Crippen LogP contribution is 2.43. The van der Waals surface area contributed by atoms with Gasteiger partial charge in [-0.1, -0.05) is 12.1 Å². The monoisotopic (exact) mass is 256 g/mol. The Kier molecular flexibility index (Phi) is 3.76. The SMILES string of the molecule is CP(=O)(OCC(F)(F)F)c1ccccc1F. The molecule has 0 aliphatic rings. The summed E-state index contributed by atoms with van der Waals surface area (Å²) in [4.78, 5) is 0. The van der Waals surface area contributed by atoms with Gasteiger partial charge in [-0.15, -0.1) is 0 Å². The van der Waals surface area contributed by atoms with Gasteiger partial charge >= 0.3 is 6.18 Å². The summed E-state index contributed by atoms with van der Waals surface area (Å²) in [5.41, 5.74) is 0. The quantitative estimate of drug-likeness (QED) is 0.614. The minimum Gasteiger partial charge on any atom is -0.316 e.